The van der Waals surface area contributed by atoms with Crippen molar-refractivity contribution in [1.29, 1.82) is 0 Å². The molecule has 0 aliphatic carbocycles. The molecule has 0 bridgehead atoms. The zero-order valence-corrected chi connectivity index (χ0v) is 4.97. The fourth-order valence-corrected chi connectivity index (χ4v) is 0.511. The highest BCUT2D eigenvalue weighted by molar-refractivity contribution is 5.96. The molecule has 1 aliphatic rings. The van der Waals surface area contributed by atoms with Crippen LogP contribution in [0.25, 0.3) is 0 Å². The Labute approximate surface area is 52.0 Å². The average molecular weight is 129 g/mol. The quantitative estimate of drug-likeness (QED) is 0.426. The van der Waals surface area contributed by atoms with Gasteiger partial charge in [-0.15, -0.1) is 0 Å². The minimum absolute atomic E-state index is 0.169. The summed E-state index contributed by atoms with van der Waals surface area (Å²) in [5, 5.41) is 0. The van der Waals surface area contributed by atoms with Crippen LogP contribution in [0, 0.1) is 0 Å². The number of nitrogens with one attached hydrogen (secondary N) is 2. The number of hydrogen-bond acceptors (Lipinski definition) is 3. The van der Waals surface area contributed by atoms with Gasteiger partial charge in [-0.25, -0.2) is 10.2 Å². The number of hydrazine groups is 1. The van der Waals surface area contributed by atoms with Crippen LogP contribution < -0.4 is 10.9 Å². The lowest BCUT2D eigenvalue weighted by atomic mass is 10.5. The summed E-state index contributed by atoms with van der Waals surface area (Å²) in [6, 6.07) is -0.411. The SMILES string of the molecule is CN1C(=O)CNNC1=O. The molecule has 0 aromatic heterocycles. The molecule has 0 unspecified atom stereocenters. The van der Waals surface area contributed by atoms with Crippen molar-refractivity contribution in [2.75, 3.05) is 13.6 Å². The van der Waals surface area contributed by atoms with E-state index in [1.165, 1.54) is 7.05 Å². The zero-order valence-electron chi connectivity index (χ0n) is 4.97. The maximum Gasteiger partial charge on any atom is 0.338 e. The Bertz CT molecular complexity index is 140. The Morgan fingerprint density at radius 2 is 2.22 bits per heavy atom. The van der Waals surface area contributed by atoms with E-state index in [1.54, 1.807) is 0 Å². The number of likely N-dealkylation sites (N-methyl/N-ethyl adjacent to an activating group) is 1. The van der Waals surface area contributed by atoms with Crippen molar-refractivity contribution < 1.29 is 9.59 Å². The van der Waals surface area contributed by atoms with Crippen LogP contribution in [0.1, 0.15) is 0 Å². The second-order valence-corrected chi connectivity index (χ2v) is 1.74. The van der Waals surface area contributed by atoms with Gasteiger partial charge in [0, 0.05) is 7.05 Å². The highest BCUT2D eigenvalue weighted by atomic mass is 16.2. The molecular formula is C4H7N3O2. The Morgan fingerprint density at radius 1 is 1.56 bits per heavy atom. The molecule has 1 fully saturated rings. The van der Waals surface area contributed by atoms with Crippen LogP contribution in [-0.2, 0) is 4.79 Å². The van der Waals surface area contributed by atoms with E-state index in [1.807, 2.05) is 0 Å². The average Bonchev–Trinajstić information content (AvgIpc) is 1.83. The molecule has 50 valence electrons. The predicted molar refractivity (Wildman–Crippen MR) is 29.3 cm³/mol. The van der Waals surface area contributed by atoms with Gasteiger partial charge >= 0.3 is 6.03 Å². The maximum absolute atomic E-state index is 10.6. The van der Waals surface area contributed by atoms with Crippen molar-refractivity contribution >= 4 is 11.9 Å². The minimum Gasteiger partial charge on any atom is -0.273 e. The molecule has 0 atom stereocenters. The molecule has 0 aromatic carbocycles. The van der Waals surface area contributed by atoms with Gasteiger partial charge in [-0.2, -0.15) is 0 Å². The lowest BCUT2D eigenvalue weighted by Gasteiger charge is -2.21. The van der Waals surface area contributed by atoms with Crippen LogP contribution in [0.4, 0.5) is 4.79 Å². The Balaban J connectivity index is 2.62. The molecule has 0 spiro atoms. The van der Waals surface area contributed by atoms with Crippen molar-refractivity contribution in [3.8, 4) is 0 Å². The van der Waals surface area contributed by atoms with Crippen LogP contribution in [0.2, 0.25) is 0 Å². The highest BCUT2D eigenvalue weighted by Crippen LogP contribution is 1.87. The van der Waals surface area contributed by atoms with E-state index in [0.29, 0.717) is 0 Å². The standard InChI is InChI=1S/C4H7N3O2/c1-7-3(8)2-5-6-4(7)9/h5H,2H2,1H3,(H,6,9). The third kappa shape index (κ3) is 0.996. The summed E-state index contributed by atoms with van der Waals surface area (Å²) >= 11 is 0. The van der Waals surface area contributed by atoms with Crippen molar-refractivity contribution in [2.24, 2.45) is 0 Å². The number of hydrogen-bond donors (Lipinski definition) is 2. The minimum atomic E-state index is -0.411. The van der Waals surface area contributed by atoms with Crippen molar-refractivity contribution in [3.63, 3.8) is 0 Å². The number of amides is 3. The van der Waals surface area contributed by atoms with E-state index in [4.69, 9.17) is 0 Å². The Morgan fingerprint density at radius 3 is 2.67 bits per heavy atom. The van der Waals surface area contributed by atoms with E-state index in [-0.39, 0.29) is 12.5 Å². The molecule has 5 nitrogen and oxygen atoms in total. The Hall–Kier alpha value is -1.10. The summed E-state index contributed by atoms with van der Waals surface area (Å²) in [5.74, 6) is -0.223. The molecule has 2 N–H and O–H groups in total. The Kier molecular flexibility index (Phi) is 1.35. The van der Waals surface area contributed by atoms with Gasteiger partial charge in [0.25, 0.3) is 0 Å². The molecule has 9 heavy (non-hydrogen) atoms. The van der Waals surface area contributed by atoms with Crippen LogP contribution in [-0.4, -0.2) is 30.4 Å². The van der Waals surface area contributed by atoms with Gasteiger partial charge in [0.1, 0.15) is 0 Å². The van der Waals surface area contributed by atoms with Gasteiger partial charge in [0.2, 0.25) is 5.91 Å². The van der Waals surface area contributed by atoms with E-state index >= 15 is 0 Å². The number of carbonyl (C=O) groups excluding carboxylic acids is 2. The first kappa shape index (κ1) is 6.03. The summed E-state index contributed by atoms with van der Waals surface area (Å²) in [6.45, 7) is 0.169. The predicted octanol–water partition coefficient (Wildman–Crippen LogP) is -1.33. The number of imide groups is 1. The van der Waals surface area contributed by atoms with Gasteiger partial charge in [-0.3, -0.25) is 15.1 Å². The van der Waals surface area contributed by atoms with Gasteiger partial charge in [-0.05, 0) is 0 Å². The molecule has 0 radical (unpaired) electrons. The van der Waals surface area contributed by atoms with Crippen LogP contribution in [0.3, 0.4) is 0 Å². The first-order valence-electron chi connectivity index (χ1n) is 2.51. The number of nitrogens with zero attached hydrogens (tertiary/aromatic N) is 1. The maximum atomic E-state index is 10.6. The monoisotopic (exact) mass is 129 g/mol. The van der Waals surface area contributed by atoms with Gasteiger partial charge in [0.05, 0.1) is 6.54 Å². The summed E-state index contributed by atoms with van der Waals surface area (Å²) in [6.07, 6.45) is 0. The summed E-state index contributed by atoms with van der Waals surface area (Å²) < 4.78 is 0. The molecule has 0 aromatic rings. The molecule has 5 heteroatoms. The number of urea groups is 1. The second kappa shape index (κ2) is 2.02. The fourth-order valence-electron chi connectivity index (χ4n) is 0.511. The van der Waals surface area contributed by atoms with Crippen molar-refractivity contribution in [1.82, 2.24) is 15.8 Å². The third-order valence-corrected chi connectivity index (χ3v) is 1.11. The van der Waals surface area contributed by atoms with Crippen molar-refractivity contribution in [3.05, 3.63) is 0 Å². The normalized spacial score (nSPS) is 19.9. The highest BCUT2D eigenvalue weighted by Gasteiger charge is 2.20. The van der Waals surface area contributed by atoms with E-state index < -0.39 is 6.03 Å². The molecular weight excluding hydrogens is 122 g/mol. The molecule has 0 saturated carbocycles. The molecule has 3 amide bonds. The van der Waals surface area contributed by atoms with Crippen LogP contribution in [0.15, 0.2) is 0 Å². The van der Waals surface area contributed by atoms with E-state index in [0.717, 1.165) is 4.90 Å². The van der Waals surface area contributed by atoms with Gasteiger partial charge in [-0.1, -0.05) is 0 Å². The number of rotatable bonds is 0. The van der Waals surface area contributed by atoms with E-state index in [9.17, 15) is 9.59 Å². The van der Waals surface area contributed by atoms with E-state index in [2.05, 4.69) is 10.9 Å². The summed E-state index contributed by atoms with van der Waals surface area (Å²) in [4.78, 5) is 22.2. The third-order valence-electron chi connectivity index (χ3n) is 1.11. The fraction of sp³-hybridized carbons (Fsp3) is 0.500. The molecule has 1 aliphatic heterocycles. The summed E-state index contributed by atoms with van der Waals surface area (Å²) in [7, 11) is 1.43. The van der Waals surface area contributed by atoms with Crippen molar-refractivity contribution in [2.45, 2.75) is 0 Å². The first-order valence-corrected chi connectivity index (χ1v) is 2.51. The first-order chi connectivity index (χ1) is 4.22. The topological polar surface area (TPSA) is 61.4 Å². The van der Waals surface area contributed by atoms with Gasteiger partial charge in [0.15, 0.2) is 0 Å². The van der Waals surface area contributed by atoms with Gasteiger partial charge < -0.3 is 0 Å². The molecule has 1 rings (SSSR count). The van der Waals surface area contributed by atoms with Crippen LogP contribution >= 0.6 is 0 Å². The number of carbonyl (C=O) groups is 2. The zero-order chi connectivity index (χ0) is 6.85. The lowest BCUT2D eigenvalue weighted by Crippen LogP contribution is -2.56. The smallest absolute Gasteiger partial charge is 0.273 e. The van der Waals surface area contributed by atoms with Crippen LogP contribution in [0.5, 0.6) is 0 Å². The molecule has 1 heterocycles. The summed E-state index contributed by atoms with van der Waals surface area (Å²) in [5.41, 5.74) is 4.70. The largest absolute Gasteiger partial charge is 0.338 e. The lowest BCUT2D eigenvalue weighted by molar-refractivity contribution is -0.127. The molecule has 1 saturated heterocycles. The second-order valence-electron chi connectivity index (χ2n) is 1.74.